The zero-order valence-corrected chi connectivity index (χ0v) is 13.0. The van der Waals surface area contributed by atoms with E-state index in [1.165, 1.54) is 4.90 Å². The average molecular weight is 381 g/mol. The lowest BCUT2D eigenvalue weighted by molar-refractivity contribution is 0.0648. The molecular weight excluding hydrogens is 369 g/mol. The molecule has 1 aliphatic rings. The van der Waals surface area contributed by atoms with Crippen molar-refractivity contribution in [1.29, 1.82) is 0 Å². The van der Waals surface area contributed by atoms with Crippen LogP contribution < -0.4 is 0 Å². The zero-order chi connectivity index (χ0) is 14.3. The highest BCUT2D eigenvalue weighted by atomic mass is 127. The lowest BCUT2D eigenvalue weighted by Crippen LogP contribution is -2.33. The molecule has 0 bridgehead atoms. The van der Waals surface area contributed by atoms with Crippen LogP contribution in [0.25, 0.3) is 0 Å². The van der Waals surface area contributed by atoms with Crippen LogP contribution in [0, 0.1) is 10.6 Å². The van der Waals surface area contributed by atoms with Crippen LogP contribution in [-0.2, 0) is 6.54 Å². The summed E-state index contributed by atoms with van der Waals surface area (Å²) in [4.78, 5) is 29.9. The molecule has 2 aromatic rings. The molecule has 5 nitrogen and oxygen atoms in total. The standard InChI is InChI=1S/C14H12IN3O2/c1-9-12(15)16-8-17(9)6-7-18-13(19)10-4-2-3-5-11(10)14(18)20/h2-5,8H,6-7H2,1H3. The Morgan fingerprint density at radius 1 is 1.10 bits per heavy atom. The van der Waals surface area contributed by atoms with Gasteiger partial charge in [0.2, 0.25) is 0 Å². The summed E-state index contributed by atoms with van der Waals surface area (Å²) in [6, 6.07) is 6.94. The molecule has 2 amide bonds. The van der Waals surface area contributed by atoms with Crippen LogP contribution >= 0.6 is 22.6 Å². The number of carbonyl (C=O) groups excluding carboxylic acids is 2. The smallest absolute Gasteiger partial charge is 0.261 e. The van der Waals surface area contributed by atoms with Crippen molar-refractivity contribution in [3.8, 4) is 0 Å². The maximum atomic E-state index is 12.2. The van der Waals surface area contributed by atoms with Gasteiger partial charge in [0.05, 0.1) is 17.5 Å². The summed E-state index contributed by atoms with van der Waals surface area (Å²) < 4.78 is 2.88. The molecule has 0 spiro atoms. The highest BCUT2D eigenvalue weighted by molar-refractivity contribution is 14.1. The zero-order valence-electron chi connectivity index (χ0n) is 10.8. The third kappa shape index (κ3) is 2.04. The third-order valence-corrected chi connectivity index (χ3v) is 4.54. The van der Waals surface area contributed by atoms with Crippen molar-refractivity contribution < 1.29 is 9.59 Å². The van der Waals surface area contributed by atoms with Crippen LogP contribution in [0.4, 0.5) is 0 Å². The first kappa shape index (κ1) is 13.3. The van der Waals surface area contributed by atoms with Crippen molar-refractivity contribution in [2.45, 2.75) is 13.5 Å². The van der Waals surface area contributed by atoms with Crippen LogP contribution in [0.2, 0.25) is 0 Å². The Morgan fingerprint density at radius 2 is 1.70 bits per heavy atom. The molecule has 0 unspecified atom stereocenters. The number of imide groups is 1. The largest absolute Gasteiger partial charge is 0.332 e. The topological polar surface area (TPSA) is 55.2 Å². The molecule has 0 aliphatic carbocycles. The van der Waals surface area contributed by atoms with Gasteiger partial charge in [0, 0.05) is 18.8 Å². The first-order chi connectivity index (χ1) is 9.59. The van der Waals surface area contributed by atoms with E-state index in [0.717, 1.165) is 9.39 Å². The minimum atomic E-state index is -0.210. The number of benzene rings is 1. The molecule has 20 heavy (non-hydrogen) atoms. The Balaban J connectivity index is 1.79. The highest BCUT2D eigenvalue weighted by Crippen LogP contribution is 2.22. The molecule has 6 heteroatoms. The number of rotatable bonds is 3. The minimum Gasteiger partial charge on any atom is -0.332 e. The Morgan fingerprint density at radius 3 is 2.20 bits per heavy atom. The molecule has 0 radical (unpaired) electrons. The summed E-state index contributed by atoms with van der Waals surface area (Å²) >= 11 is 2.16. The van der Waals surface area contributed by atoms with Gasteiger partial charge in [0.15, 0.2) is 0 Å². The fourth-order valence-electron chi connectivity index (χ4n) is 2.29. The third-order valence-electron chi connectivity index (χ3n) is 3.48. The predicted octanol–water partition coefficient (Wildman–Crippen LogP) is 2.09. The van der Waals surface area contributed by atoms with Gasteiger partial charge in [-0.3, -0.25) is 14.5 Å². The molecule has 0 saturated heterocycles. The second kappa shape index (κ2) is 5.01. The number of amides is 2. The number of aromatic nitrogens is 2. The molecule has 3 rings (SSSR count). The van der Waals surface area contributed by atoms with Crippen molar-refractivity contribution in [2.24, 2.45) is 0 Å². The Hall–Kier alpha value is -1.70. The van der Waals surface area contributed by atoms with E-state index in [1.54, 1.807) is 30.6 Å². The lowest BCUT2D eigenvalue weighted by atomic mass is 10.1. The molecule has 0 saturated carbocycles. The number of imidazole rings is 1. The van der Waals surface area contributed by atoms with Crippen LogP contribution in [0.5, 0.6) is 0 Å². The molecule has 0 fully saturated rings. The van der Waals surface area contributed by atoms with Gasteiger partial charge in [0.1, 0.15) is 3.70 Å². The van der Waals surface area contributed by atoms with Gasteiger partial charge in [0.25, 0.3) is 11.8 Å². The second-order valence-corrected chi connectivity index (χ2v) is 5.64. The van der Waals surface area contributed by atoms with E-state index in [9.17, 15) is 9.59 Å². The summed E-state index contributed by atoms with van der Waals surface area (Å²) in [5.74, 6) is -0.420. The van der Waals surface area contributed by atoms with Crippen molar-refractivity contribution >= 4 is 34.4 Å². The van der Waals surface area contributed by atoms with E-state index in [1.807, 2.05) is 11.5 Å². The number of hydrogen-bond donors (Lipinski definition) is 0. The van der Waals surface area contributed by atoms with E-state index < -0.39 is 0 Å². The Labute approximate surface area is 129 Å². The van der Waals surface area contributed by atoms with Gasteiger partial charge >= 0.3 is 0 Å². The van der Waals surface area contributed by atoms with Crippen molar-refractivity contribution in [3.63, 3.8) is 0 Å². The van der Waals surface area contributed by atoms with Crippen LogP contribution in [0.15, 0.2) is 30.6 Å². The lowest BCUT2D eigenvalue weighted by Gasteiger charge is -2.14. The fraction of sp³-hybridized carbons (Fsp3) is 0.214. The molecule has 102 valence electrons. The molecule has 1 aromatic heterocycles. The summed E-state index contributed by atoms with van der Waals surface area (Å²) in [7, 11) is 0. The number of halogens is 1. The fourth-order valence-corrected chi connectivity index (χ4v) is 2.73. The van der Waals surface area contributed by atoms with E-state index in [2.05, 4.69) is 27.6 Å². The van der Waals surface area contributed by atoms with E-state index >= 15 is 0 Å². The summed E-state index contributed by atoms with van der Waals surface area (Å²) in [6.07, 6.45) is 1.73. The molecule has 1 aromatic carbocycles. The van der Waals surface area contributed by atoms with Crippen molar-refractivity contribution in [2.75, 3.05) is 6.54 Å². The van der Waals surface area contributed by atoms with Gasteiger partial charge in [-0.25, -0.2) is 4.98 Å². The predicted molar refractivity (Wildman–Crippen MR) is 81.5 cm³/mol. The molecular formula is C14H12IN3O2. The maximum absolute atomic E-state index is 12.2. The molecule has 0 N–H and O–H groups in total. The average Bonchev–Trinajstić information content (AvgIpc) is 2.90. The maximum Gasteiger partial charge on any atom is 0.261 e. The SMILES string of the molecule is Cc1c(I)ncn1CCN1C(=O)c2ccccc2C1=O. The molecule has 0 atom stereocenters. The monoisotopic (exact) mass is 381 g/mol. The van der Waals surface area contributed by atoms with Crippen LogP contribution in [0.3, 0.4) is 0 Å². The first-order valence-electron chi connectivity index (χ1n) is 6.22. The van der Waals surface area contributed by atoms with E-state index in [-0.39, 0.29) is 11.8 Å². The highest BCUT2D eigenvalue weighted by Gasteiger charge is 2.34. The Kier molecular flexibility index (Phi) is 3.33. The number of nitrogens with zero attached hydrogens (tertiary/aromatic N) is 3. The summed E-state index contributed by atoms with van der Waals surface area (Å²) in [5, 5.41) is 0. The molecule has 1 aliphatic heterocycles. The van der Waals surface area contributed by atoms with E-state index in [4.69, 9.17) is 0 Å². The van der Waals surface area contributed by atoms with Gasteiger partial charge in [-0.15, -0.1) is 0 Å². The normalized spacial score (nSPS) is 14.0. The quantitative estimate of drug-likeness (QED) is 0.605. The van der Waals surface area contributed by atoms with Crippen molar-refractivity contribution in [1.82, 2.24) is 14.5 Å². The van der Waals surface area contributed by atoms with Gasteiger partial charge in [-0.05, 0) is 41.6 Å². The second-order valence-electron chi connectivity index (χ2n) is 4.62. The van der Waals surface area contributed by atoms with Crippen LogP contribution in [0.1, 0.15) is 26.4 Å². The summed E-state index contributed by atoms with van der Waals surface area (Å²) in [5.41, 5.74) is 2.03. The van der Waals surface area contributed by atoms with Gasteiger partial charge in [-0.2, -0.15) is 0 Å². The van der Waals surface area contributed by atoms with Crippen LogP contribution in [-0.4, -0.2) is 32.8 Å². The van der Waals surface area contributed by atoms with Gasteiger partial charge in [-0.1, -0.05) is 12.1 Å². The van der Waals surface area contributed by atoms with E-state index in [0.29, 0.717) is 24.2 Å². The summed E-state index contributed by atoms with van der Waals surface area (Å²) in [6.45, 7) is 2.89. The number of carbonyl (C=O) groups is 2. The van der Waals surface area contributed by atoms with Crippen molar-refractivity contribution in [3.05, 3.63) is 51.1 Å². The number of hydrogen-bond acceptors (Lipinski definition) is 3. The van der Waals surface area contributed by atoms with Gasteiger partial charge < -0.3 is 4.57 Å². The Bertz CT molecular complexity index is 673. The first-order valence-corrected chi connectivity index (χ1v) is 7.30. The minimum absolute atomic E-state index is 0.210. The molecule has 2 heterocycles. The number of fused-ring (bicyclic) bond motifs is 1.